The molecule has 0 bridgehead atoms. The van der Waals surface area contributed by atoms with Gasteiger partial charge in [-0.1, -0.05) is 6.07 Å². The fourth-order valence-corrected chi connectivity index (χ4v) is 3.24. The molecular formula is C17H25N3O2. The highest BCUT2D eigenvalue weighted by atomic mass is 16.5. The highest BCUT2D eigenvalue weighted by Gasteiger charge is 2.20. The maximum Gasteiger partial charge on any atom is 0.223 e. The summed E-state index contributed by atoms with van der Waals surface area (Å²) in [5.41, 5.74) is 2.74. The number of nitrogens with zero attached hydrogens (tertiary/aromatic N) is 2. The third kappa shape index (κ3) is 3.59. The van der Waals surface area contributed by atoms with E-state index in [1.165, 1.54) is 11.1 Å². The fraction of sp³-hybridized carbons (Fsp3) is 0.588. The molecule has 1 saturated heterocycles. The minimum atomic E-state index is 0.290. The Morgan fingerprint density at radius 1 is 1.23 bits per heavy atom. The van der Waals surface area contributed by atoms with Crippen LogP contribution in [0.2, 0.25) is 0 Å². The second kappa shape index (κ2) is 7.11. The quantitative estimate of drug-likeness (QED) is 0.897. The van der Waals surface area contributed by atoms with Crippen molar-refractivity contribution < 1.29 is 9.53 Å². The van der Waals surface area contributed by atoms with Gasteiger partial charge in [0.15, 0.2) is 0 Å². The molecule has 1 fully saturated rings. The molecule has 22 heavy (non-hydrogen) atoms. The van der Waals surface area contributed by atoms with Gasteiger partial charge < -0.3 is 15.0 Å². The molecule has 2 aliphatic rings. The van der Waals surface area contributed by atoms with E-state index < -0.39 is 0 Å². The van der Waals surface area contributed by atoms with Crippen LogP contribution in [-0.2, 0) is 17.8 Å². The number of hydrogen-bond donors (Lipinski definition) is 1. The molecule has 0 aromatic heterocycles. The smallest absolute Gasteiger partial charge is 0.223 e. The molecule has 5 nitrogen and oxygen atoms in total. The lowest BCUT2D eigenvalue weighted by Crippen LogP contribution is -2.47. The van der Waals surface area contributed by atoms with Crippen molar-refractivity contribution in [3.05, 3.63) is 29.3 Å². The fourth-order valence-electron chi connectivity index (χ4n) is 3.24. The van der Waals surface area contributed by atoms with Crippen LogP contribution < -0.4 is 10.1 Å². The predicted octanol–water partition coefficient (Wildman–Crippen LogP) is 0.875. The number of benzene rings is 1. The maximum atomic E-state index is 12.2. The first-order valence-corrected chi connectivity index (χ1v) is 8.13. The van der Waals surface area contributed by atoms with Crippen molar-refractivity contribution >= 4 is 5.91 Å². The van der Waals surface area contributed by atoms with Crippen LogP contribution in [0.4, 0.5) is 0 Å². The predicted molar refractivity (Wildman–Crippen MR) is 86.0 cm³/mol. The number of carbonyl (C=O) groups excluding carboxylic acids is 1. The third-order valence-corrected chi connectivity index (χ3v) is 4.62. The van der Waals surface area contributed by atoms with Crippen LogP contribution in [0.15, 0.2) is 18.2 Å². The molecule has 0 atom stereocenters. The molecular weight excluding hydrogens is 278 g/mol. The number of amides is 1. The molecule has 2 heterocycles. The summed E-state index contributed by atoms with van der Waals surface area (Å²) in [5.74, 6) is 1.20. The Morgan fingerprint density at radius 2 is 2.05 bits per heavy atom. The first-order chi connectivity index (χ1) is 10.8. The van der Waals surface area contributed by atoms with E-state index in [9.17, 15) is 4.79 Å². The van der Waals surface area contributed by atoms with Crippen LogP contribution in [0.25, 0.3) is 0 Å². The van der Waals surface area contributed by atoms with E-state index in [1.807, 2.05) is 11.0 Å². The van der Waals surface area contributed by atoms with E-state index in [0.29, 0.717) is 6.42 Å². The Hall–Kier alpha value is -1.59. The van der Waals surface area contributed by atoms with Crippen molar-refractivity contribution in [2.75, 3.05) is 46.4 Å². The van der Waals surface area contributed by atoms with Gasteiger partial charge in [0.25, 0.3) is 0 Å². The topological polar surface area (TPSA) is 44.8 Å². The van der Waals surface area contributed by atoms with Gasteiger partial charge in [0, 0.05) is 52.2 Å². The summed E-state index contributed by atoms with van der Waals surface area (Å²) >= 11 is 0. The molecule has 0 unspecified atom stereocenters. The second-order valence-corrected chi connectivity index (χ2v) is 6.04. The van der Waals surface area contributed by atoms with Crippen molar-refractivity contribution in [3.63, 3.8) is 0 Å². The number of methoxy groups -OCH3 is 1. The molecule has 2 aliphatic heterocycles. The van der Waals surface area contributed by atoms with E-state index in [2.05, 4.69) is 22.3 Å². The van der Waals surface area contributed by atoms with Crippen LogP contribution in [0, 0.1) is 0 Å². The SMILES string of the molecule is COc1ccc2c(c1)CN(CCC(=O)N1CCNCC1)CC2. The number of piperazine rings is 1. The van der Waals surface area contributed by atoms with E-state index in [-0.39, 0.29) is 5.91 Å². The van der Waals surface area contributed by atoms with Crippen molar-refractivity contribution in [1.29, 1.82) is 0 Å². The zero-order valence-electron chi connectivity index (χ0n) is 13.3. The van der Waals surface area contributed by atoms with Crippen molar-refractivity contribution in [2.45, 2.75) is 19.4 Å². The van der Waals surface area contributed by atoms with Gasteiger partial charge in [-0.3, -0.25) is 9.69 Å². The monoisotopic (exact) mass is 303 g/mol. The Balaban J connectivity index is 1.52. The molecule has 1 amide bonds. The van der Waals surface area contributed by atoms with Gasteiger partial charge in [-0.05, 0) is 29.7 Å². The second-order valence-electron chi connectivity index (χ2n) is 6.04. The lowest BCUT2D eigenvalue weighted by Gasteiger charge is -2.31. The average Bonchev–Trinajstić information content (AvgIpc) is 2.59. The first-order valence-electron chi connectivity index (χ1n) is 8.13. The van der Waals surface area contributed by atoms with Gasteiger partial charge in [0.1, 0.15) is 5.75 Å². The minimum absolute atomic E-state index is 0.290. The molecule has 1 N–H and O–H groups in total. The number of rotatable bonds is 4. The number of ether oxygens (including phenoxy) is 1. The summed E-state index contributed by atoms with van der Waals surface area (Å²) in [6.45, 7) is 6.33. The zero-order chi connectivity index (χ0) is 15.4. The largest absolute Gasteiger partial charge is 0.497 e. The number of hydrogen-bond acceptors (Lipinski definition) is 4. The van der Waals surface area contributed by atoms with E-state index in [0.717, 1.165) is 58.0 Å². The molecule has 0 spiro atoms. The summed E-state index contributed by atoms with van der Waals surface area (Å²) < 4.78 is 5.31. The lowest BCUT2D eigenvalue weighted by molar-refractivity contribution is -0.132. The molecule has 0 aliphatic carbocycles. The summed E-state index contributed by atoms with van der Waals surface area (Å²) in [4.78, 5) is 16.6. The lowest BCUT2D eigenvalue weighted by atomic mass is 9.99. The Kier molecular flexibility index (Phi) is 4.95. The summed E-state index contributed by atoms with van der Waals surface area (Å²) in [5, 5.41) is 3.28. The zero-order valence-corrected chi connectivity index (χ0v) is 13.3. The maximum absolute atomic E-state index is 12.2. The van der Waals surface area contributed by atoms with Crippen LogP contribution in [0.5, 0.6) is 5.75 Å². The minimum Gasteiger partial charge on any atom is -0.497 e. The highest BCUT2D eigenvalue weighted by molar-refractivity contribution is 5.76. The molecule has 1 aromatic carbocycles. The van der Waals surface area contributed by atoms with Gasteiger partial charge in [-0.2, -0.15) is 0 Å². The van der Waals surface area contributed by atoms with Gasteiger partial charge in [-0.25, -0.2) is 0 Å². The normalized spacial score (nSPS) is 18.9. The number of carbonyl (C=O) groups is 1. The number of nitrogens with one attached hydrogen (secondary N) is 1. The van der Waals surface area contributed by atoms with Crippen molar-refractivity contribution in [1.82, 2.24) is 15.1 Å². The summed E-state index contributed by atoms with van der Waals surface area (Å²) in [7, 11) is 1.70. The van der Waals surface area contributed by atoms with Gasteiger partial charge in [0.2, 0.25) is 5.91 Å². The highest BCUT2D eigenvalue weighted by Crippen LogP contribution is 2.23. The Bertz CT molecular complexity index is 527. The van der Waals surface area contributed by atoms with Gasteiger partial charge in [-0.15, -0.1) is 0 Å². The summed E-state index contributed by atoms with van der Waals surface area (Å²) in [6.07, 6.45) is 1.68. The average molecular weight is 303 g/mol. The first kappa shape index (κ1) is 15.3. The Labute approximate surface area is 132 Å². The van der Waals surface area contributed by atoms with Crippen LogP contribution in [0.1, 0.15) is 17.5 Å². The van der Waals surface area contributed by atoms with Crippen LogP contribution in [-0.4, -0.2) is 62.1 Å². The van der Waals surface area contributed by atoms with Gasteiger partial charge in [0.05, 0.1) is 7.11 Å². The molecule has 0 saturated carbocycles. The Morgan fingerprint density at radius 3 is 2.82 bits per heavy atom. The van der Waals surface area contributed by atoms with Gasteiger partial charge >= 0.3 is 0 Å². The van der Waals surface area contributed by atoms with Crippen molar-refractivity contribution in [3.8, 4) is 5.75 Å². The third-order valence-electron chi connectivity index (χ3n) is 4.62. The standard InChI is InChI=1S/C17H25N3O2/c1-22-16-3-2-14-4-8-19(13-15(14)12-16)9-5-17(21)20-10-6-18-7-11-20/h2-3,12,18H,4-11,13H2,1H3. The summed E-state index contributed by atoms with van der Waals surface area (Å²) in [6, 6.07) is 6.32. The molecule has 120 valence electrons. The van der Waals surface area contributed by atoms with E-state index in [4.69, 9.17) is 4.74 Å². The van der Waals surface area contributed by atoms with Crippen molar-refractivity contribution in [2.24, 2.45) is 0 Å². The number of fused-ring (bicyclic) bond motifs is 1. The molecule has 0 radical (unpaired) electrons. The van der Waals surface area contributed by atoms with E-state index in [1.54, 1.807) is 7.11 Å². The molecule has 3 rings (SSSR count). The van der Waals surface area contributed by atoms with Crippen LogP contribution >= 0.6 is 0 Å². The van der Waals surface area contributed by atoms with E-state index >= 15 is 0 Å². The van der Waals surface area contributed by atoms with Crippen LogP contribution in [0.3, 0.4) is 0 Å². The molecule has 5 heteroatoms. The molecule has 1 aromatic rings.